The smallest absolute Gasteiger partial charge is 0.414 e. The fraction of sp³-hybridized carbons (Fsp3) is 0.571. The molecule has 3 atom stereocenters. The van der Waals surface area contributed by atoms with Crippen molar-refractivity contribution in [3.8, 4) is 0 Å². The highest BCUT2D eigenvalue weighted by Gasteiger charge is 2.34. The predicted octanol–water partition coefficient (Wildman–Crippen LogP) is 2.11. The number of alkyl carbamates (subject to hydrolysis) is 1. The lowest BCUT2D eigenvalue weighted by molar-refractivity contribution is -0.119. The first-order valence-electron chi connectivity index (χ1n) is 10.5. The second-order valence-corrected chi connectivity index (χ2v) is 7.93. The number of nitrogens with one attached hydrogen (secondary N) is 2. The highest BCUT2D eigenvalue weighted by molar-refractivity contribution is 5.90. The number of carbonyl (C=O) groups is 3. The number of cyclic esters (lactones) is 1. The van der Waals surface area contributed by atoms with Crippen LogP contribution in [0.15, 0.2) is 18.2 Å². The molecule has 31 heavy (non-hydrogen) atoms. The molecule has 3 unspecified atom stereocenters. The summed E-state index contributed by atoms with van der Waals surface area (Å²) in [6, 6.07) is 4.68. The molecular weight excluding hydrogens is 407 g/mol. The fourth-order valence-electron chi connectivity index (χ4n) is 3.91. The Balaban J connectivity index is 1.61. The van der Waals surface area contributed by atoms with Gasteiger partial charge in [0.1, 0.15) is 11.9 Å². The molecule has 2 saturated heterocycles. The number of anilines is 2. The van der Waals surface area contributed by atoms with E-state index in [2.05, 4.69) is 17.6 Å². The monoisotopic (exact) mass is 436 g/mol. The highest BCUT2D eigenvalue weighted by atomic mass is 19.1. The average Bonchev–Trinajstić information content (AvgIpc) is 3.27. The van der Waals surface area contributed by atoms with E-state index in [4.69, 9.17) is 9.47 Å². The molecule has 3 amide bonds. The van der Waals surface area contributed by atoms with Crippen molar-refractivity contribution in [3.63, 3.8) is 0 Å². The van der Waals surface area contributed by atoms with Gasteiger partial charge in [0, 0.05) is 26.6 Å². The molecule has 0 radical (unpaired) electrons. The van der Waals surface area contributed by atoms with Crippen molar-refractivity contribution in [2.45, 2.75) is 26.9 Å². The Morgan fingerprint density at radius 1 is 1.23 bits per heavy atom. The molecule has 170 valence electrons. The number of rotatable bonds is 7. The Kier molecular flexibility index (Phi) is 7.19. The molecule has 2 aliphatic rings. The summed E-state index contributed by atoms with van der Waals surface area (Å²) in [5, 5.41) is 5.36. The van der Waals surface area contributed by atoms with E-state index in [1.54, 1.807) is 19.1 Å². The van der Waals surface area contributed by atoms with Crippen LogP contribution in [0.1, 0.15) is 20.8 Å². The summed E-state index contributed by atoms with van der Waals surface area (Å²) in [6.45, 7) is 7.70. The first-order chi connectivity index (χ1) is 14.8. The average molecular weight is 436 g/mol. The molecule has 0 spiro atoms. The molecule has 1 aromatic carbocycles. The van der Waals surface area contributed by atoms with Gasteiger partial charge < -0.3 is 25.0 Å². The first kappa shape index (κ1) is 22.6. The molecule has 9 nitrogen and oxygen atoms in total. The van der Waals surface area contributed by atoms with Crippen molar-refractivity contribution < 1.29 is 28.2 Å². The largest absolute Gasteiger partial charge is 0.450 e. The van der Waals surface area contributed by atoms with Crippen LogP contribution < -0.4 is 20.4 Å². The maximum atomic E-state index is 14.9. The summed E-state index contributed by atoms with van der Waals surface area (Å²) >= 11 is 0. The molecule has 2 heterocycles. The fourth-order valence-corrected chi connectivity index (χ4v) is 3.91. The lowest BCUT2D eigenvalue weighted by atomic mass is 9.98. The Labute approximate surface area is 180 Å². The zero-order valence-corrected chi connectivity index (χ0v) is 18.0. The highest BCUT2D eigenvalue weighted by Crippen LogP contribution is 2.32. The number of carbonyl (C=O) groups excluding carboxylic acids is 3. The van der Waals surface area contributed by atoms with Gasteiger partial charge in [-0.05, 0) is 37.0 Å². The zero-order valence-electron chi connectivity index (χ0n) is 18.0. The molecule has 10 heteroatoms. The zero-order chi connectivity index (χ0) is 22.5. The summed E-state index contributed by atoms with van der Waals surface area (Å²) in [7, 11) is 0. The van der Waals surface area contributed by atoms with Crippen LogP contribution in [0.25, 0.3) is 0 Å². The van der Waals surface area contributed by atoms with Crippen molar-refractivity contribution in [1.29, 1.82) is 0 Å². The predicted molar refractivity (Wildman–Crippen MR) is 113 cm³/mol. The molecule has 2 aliphatic heterocycles. The van der Waals surface area contributed by atoms with Gasteiger partial charge in [0.05, 0.1) is 31.1 Å². The normalized spacial score (nSPS) is 23.0. The third kappa shape index (κ3) is 5.56. The number of amides is 3. The van der Waals surface area contributed by atoms with E-state index in [1.165, 1.54) is 17.9 Å². The van der Waals surface area contributed by atoms with Gasteiger partial charge in [-0.1, -0.05) is 6.92 Å². The van der Waals surface area contributed by atoms with Crippen LogP contribution in [-0.4, -0.2) is 63.5 Å². The van der Waals surface area contributed by atoms with Gasteiger partial charge >= 0.3 is 12.2 Å². The summed E-state index contributed by atoms with van der Waals surface area (Å²) in [5.74, 6) is -0.196. The molecule has 2 fully saturated rings. The number of hydrogen-bond acceptors (Lipinski definition) is 6. The van der Waals surface area contributed by atoms with Crippen molar-refractivity contribution in [1.82, 2.24) is 10.6 Å². The van der Waals surface area contributed by atoms with Crippen LogP contribution in [0.2, 0.25) is 0 Å². The van der Waals surface area contributed by atoms with E-state index < -0.39 is 24.1 Å². The molecule has 0 aromatic heterocycles. The number of benzene rings is 1. The lowest BCUT2D eigenvalue weighted by Gasteiger charge is -2.21. The van der Waals surface area contributed by atoms with Crippen LogP contribution in [0.3, 0.4) is 0 Å². The third-order valence-corrected chi connectivity index (χ3v) is 5.59. The van der Waals surface area contributed by atoms with E-state index in [1.807, 2.05) is 4.90 Å². The van der Waals surface area contributed by atoms with E-state index in [9.17, 15) is 18.8 Å². The number of nitrogens with zero attached hydrogens (tertiary/aromatic N) is 2. The van der Waals surface area contributed by atoms with Crippen LogP contribution in [0, 0.1) is 17.7 Å². The summed E-state index contributed by atoms with van der Waals surface area (Å²) in [4.78, 5) is 38.0. The standard InChI is InChI=1S/C21H29FN4O5/c1-4-30-20(28)24-8-15-11-25(10-13(15)2)19-6-5-16(7-18(19)22)26-12-17(31-21(26)29)9-23-14(3)27/h5-7,13,15,17H,4,8-12H2,1-3H3,(H,23,27)(H,24,28). The lowest BCUT2D eigenvalue weighted by Crippen LogP contribution is -2.33. The molecule has 2 N–H and O–H groups in total. The quantitative estimate of drug-likeness (QED) is 0.679. The maximum absolute atomic E-state index is 14.9. The van der Waals surface area contributed by atoms with Crippen LogP contribution in [0.5, 0.6) is 0 Å². The Hall–Kier alpha value is -3.04. The minimum Gasteiger partial charge on any atom is -0.450 e. The van der Waals surface area contributed by atoms with Crippen LogP contribution >= 0.6 is 0 Å². The maximum Gasteiger partial charge on any atom is 0.414 e. The second-order valence-electron chi connectivity index (χ2n) is 7.93. The number of ether oxygens (including phenoxy) is 2. The van der Waals surface area contributed by atoms with E-state index >= 15 is 0 Å². The summed E-state index contributed by atoms with van der Waals surface area (Å²) in [6.07, 6.45) is -1.49. The van der Waals surface area contributed by atoms with Gasteiger partial charge in [-0.3, -0.25) is 9.69 Å². The molecule has 0 aliphatic carbocycles. The molecule has 0 saturated carbocycles. The van der Waals surface area contributed by atoms with Crippen molar-refractivity contribution in [2.24, 2.45) is 11.8 Å². The summed E-state index contributed by atoms with van der Waals surface area (Å²) < 4.78 is 25.1. The van der Waals surface area contributed by atoms with E-state index in [0.717, 1.165) is 0 Å². The Bertz CT molecular complexity index is 836. The third-order valence-electron chi connectivity index (χ3n) is 5.59. The second kappa shape index (κ2) is 9.84. The van der Waals surface area contributed by atoms with Gasteiger partial charge in [-0.2, -0.15) is 0 Å². The van der Waals surface area contributed by atoms with E-state index in [-0.39, 0.29) is 30.8 Å². The Morgan fingerprint density at radius 3 is 2.68 bits per heavy atom. The van der Waals surface area contributed by atoms with Crippen LogP contribution in [-0.2, 0) is 14.3 Å². The molecule has 0 bridgehead atoms. The Morgan fingerprint density at radius 2 is 2.00 bits per heavy atom. The van der Waals surface area contributed by atoms with Crippen molar-refractivity contribution in [3.05, 3.63) is 24.0 Å². The molecule has 1 aromatic rings. The van der Waals surface area contributed by atoms with Crippen LogP contribution in [0.4, 0.5) is 25.4 Å². The summed E-state index contributed by atoms with van der Waals surface area (Å²) in [5.41, 5.74) is 0.862. The van der Waals surface area contributed by atoms with Crippen molar-refractivity contribution >= 4 is 29.5 Å². The van der Waals surface area contributed by atoms with Gasteiger partial charge in [-0.15, -0.1) is 0 Å². The number of hydrogen-bond donors (Lipinski definition) is 2. The minimum atomic E-state index is -0.567. The topological polar surface area (TPSA) is 100 Å². The SMILES string of the molecule is CCOC(=O)NCC1CN(c2ccc(N3CC(CNC(C)=O)OC3=O)cc2F)CC1C. The molecular formula is C21H29FN4O5. The van der Waals surface area contributed by atoms with Crippen molar-refractivity contribution in [2.75, 3.05) is 49.1 Å². The van der Waals surface area contributed by atoms with Gasteiger partial charge in [0.2, 0.25) is 5.91 Å². The number of halogens is 1. The van der Waals surface area contributed by atoms with E-state index in [0.29, 0.717) is 37.6 Å². The van der Waals surface area contributed by atoms with Gasteiger partial charge in [0.25, 0.3) is 0 Å². The van der Waals surface area contributed by atoms with Gasteiger partial charge in [-0.25, -0.2) is 14.0 Å². The molecule has 3 rings (SSSR count). The van der Waals surface area contributed by atoms with Gasteiger partial charge in [0.15, 0.2) is 0 Å². The minimum absolute atomic E-state index is 0.173. The first-order valence-corrected chi connectivity index (χ1v) is 10.5.